The second kappa shape index (κ2) is 5.69. The van der Waals surface area contributed by atoms with Crippen LogP contribution in [0.1, 0.15) is 31.4 Å². The summed E-state index contributed by atoms with van der Waals surface area (Å²) in [6.07, 6.45) is 3.03. The molecule has 0 aliphatic rings. The standard InChI is InChI=1S/C13H19O/c1-4-8-11-9-7-10-13(14-6-3)12(11)5-2/h7,9-10H,1,4-6,8H2,2-3H3. The Morgan fingerprint density at radius 3 is 2.64 bits per heavy atom. The molecule has 0 aliphatic heterocycles. The van der Waals surface area contributed by atoms with Gasteiger partial charge in [-0.3, -0.25) is 0 Å². The maximum Gasteiger partial charge on any atom is 0.122 e. The van der Waals surface area contributed by atoms with Crippen molar-refractivity contribution in [3.05, 3.63) is 36.2 Å². The van der Waals surface area contributed by atoms with Gasteiger partial charge in [0, 0.05) is 0 Å². The van der Waals surface area contributed by atoms with Crippen LogP contribution in [-0.4, -0.2) is 6.61 Å². The van der Waals surface area contributed by atoms with E-state index in [4.69, 9.17) is 4.74 Å². The Morgan fingerprint density at radius 2 is 2.07 bits per heavy atom. The second-order valence-corrected chi connectivity index (χ2v) is 3.28. The van der Waals surface area contributed by atoms with Gasteiger partial charge in [-0.25, -0.2) is 0 Å². The maximum atomic E-state index is 5.59. The van der Waals surface area contributed by atoms with E-state index in [0.29, 0.717) is 0 Å². The van der Waals surface area contributed by atoms with E-state index in [9.17, 15) is 0 Å². The molecule has 1 aromatic rings. The topological polar surface area (TPSA) is 9.23 Å². The van der Waals surface area contributed by atoms with Gasteiger partial charge in [0.2, 0.25) is 0 Å². The normalized spacial score (nSPS) is 10.2. The second-order valence-electron chi connectivity index (χ2n) is 3.28. The molecule has 1 nitrogen and oxygen atoms in total. The Balaban J connectivity index is 2.98. The lowest BCUT2D eigenvalue weighted by molar-refractivity contribution is 0.336. The first-order chi connectivity index (χ1) is 6.83. The van der Waals surface area contributed by atoms with E-state index < -0.39 is 0 Å². The fourth-order valence-electron chi connectivity index (χ4n) is 1.73. The zero-order valence-electron chi connectivity index (χ0n) is 9.18. The molecule has 0 atom stereocenters. The molecule has 1 rings (SSSR count). The molecular formula is C13H19O. The highest BCUT2D eigenvalue weighted by Crippen LogP contribution is 2.24. The van der Waals surface area contributed by atoms with Crippen molar-refractivity contribution in [2.24, 2.45) is 0 Å². The number of hydrogen-bond acceptors (Lipinski definition) is 1. The zero-order chi connectivity index (χ0) is 10.4. The molecule has 1 heteroatoms. The molecule has 0 aromatic heterocycles. The fourth-order valence-corrected chi connectivity index (χ4v) is 1.73. The zero-order valence-corrected chi connectivity index (χ0v) is 9.18. The van der Waals surface area contributed by atoms with E-state index >= 15 is 0 Å². The first-order valence-corrected chi connectivity index (χ1v) is 5.36. The molecule has 1 radical (unpaired) electrons. The van der Waals surface area contributed by atoms with E-state index in [-0.39, 0.29) is 0 Å². The van der Waals surface area contributed by atoms with Gasteiger partial charge in [0.1, 0.15) is 5.75 Å². The van der Waals surface area contributed by atoms with E-state index in [0.717, 1.165) is 31.6 Å². The summed E-state index contributed by atoms with van der Waals surface area (Å²) < 4.78 is 5.59. The Morgan fingerprint density at radius 1 is 1.29 bits per heavy atom. The first kappa shape index (κ1) is 11.1. The van der Waals surface area contributed by atoms with Gasteiger partial charge in [-0.15, -0.1) is 0 Å². The third-order valence-corrected chi connectivity index (χ3v) is 2.33. The quantitative estimate of drug-likeness (QED) is 0.693. The molecule has 1 aromatic carbocycles. The maximum absolute atomic E-state index is 5.59. The van der Waals surface area contributed by atoms with Crippen LogP contribution in [-0.2, 0) is 12.8 Å². The lowest BCUT2D eigenvalue weighted by Crippen LogP contribution is -1.99. The number of ether oxygens (including phenoxy) is 1. The van der Waals surface area contributed by atoms with E-state index in [2.05, 4.69) is 32.0 Å². The largest absolute Gasteiger partial charge is 0.494 e. The number of rotatable bonds is 5. The molecule has 0 heterocycles. The third kappa shape index (κ3) is 2.50. The van der Waals surface area contributed by atoms with Crippen LogP contribution in [0.3, 0.4) is 0 Å². The predicted octanol–water partition coefficient (Wildman–Crippen LogP) is 3.41. The van der Waals surface area contributed by atoms with E-state index in [1.54, 1.807) is 0 Å². The molecule has 77 valence electrons. The minimum absolute atomic E-state index is 0.737. The summed E-state index contributed by atoms with van der Waals surface area (Å²) in [6.45, 7) is 8.82. The van der Waals surface area contributed by atoms with Gasteiger partial charge < -0.3 is 4.74 Å². The molecule has 0 fully saturated rings. The number of aryl methyl sites for hydroxylation is 1. The Bertz CT molecular complexity index is 254. The molecule has 0 amide bonds. The summed E-state index contributed by atoms with van der Waals surface area (Å²) in [4.78, 5) is 0. The SMILES string of the molecule is [CH2]CCc1cccc(OCC)c1CC. The average Bonchev–Trinajstić information content (AvgIpc) is 2.19. The van der Waals surface area contributed by atoms with Crippen LogP contribution in [0.4, 0.5) is 0 Å². The van der Waals surface area contributed by atoms with Crippen molar-refractivity contribution in [2.75, 3.05) is 6.61 Å². The van der Waals surface area contributed by atoms with Gasteiger partial charge in [0.15, 0.2) is 0 Å². The predicted molar refractivity (Wildman–Crippen MR) is 60.7 cm³/mol. The summed E-state index contributed by atoms with van der Waals surface area (Å²) in [5.74, 6) is 1.04. The van der Waals surface area contributed by atoms with Crippen molar-refractivity contribution in [3.8, 4) is 5.75 Å². The molecule has 0 saturated heterocycles. The van der Waals surface area contributed by atoms with Gasteiger partial charge in [-0.2, -0.15) is 0 Å². The lowest BCUT2D eigenvalue weighted by Gasteiger charge is -2.12. The van der Waals surface area contributed by atoms with Crippen molar-refractivity contribution in [1.82, 2.24) is 0 Å². The number of benzene rings is 1. The smallest absolute Gasteiger partial charge is 0.122 e. The molecular weight excluding hydrogens is 172 g/mol. The van der Waals surface area contributed by atoms with Crippen LogP contribution in [0.15, 0.2) is 18.2 Å². The molecule has 14 heavy (non-hydrogen) atoms. The highest BCUT2D eigenvalue weighted by Gasteiger charge is 2.05. The van der Waals surface area contributed by atoms with Gasteiger partial charge in [0.25, 0.3) is 0 Å². The van der Waals surface area contributed by atoms with Crippen molar-refractivity contribution in [3.63, 3.8) is 0 Å². The molecule has 0 unspecified atom stereocenters. The molecule has 0 spiro atoms. The lowest BCUT2D eigenvalue weighted by atomic mass is 10.0. The minimum atomic E-state index is 0.737. The Labute approximate surface area is 87.1 Å². The summed E-state index contributed by atoms with van der Waals surface area (Å²) in [6, 6.07) is 6.29. The summed E-state index contributed by atoms with van der Waals surface area (Å²) >= 11 is 0. The molecule has 0 bridgehead atoms. The molecule has 0 aliphatic carbocycles. The van der Waals surface area contributed by atoms with Crippen LogP contribution in [0.25, 0.3) is 0 Å². The fraction of sp³-hybridized carbons (Fsp3) is 0.462. The van der Waals surface area contributed by atoms with Crippen LogP contribution < -0.4 is 4.74 Å². The van der Waals surface area contributed by atoms with Crippen LogP contribution in [0.2, 0.25) is 0 Å². The minimum Gasteiger partial charge on any atom is -0.494 e. The Hall–Kier alpha value is -0.980. The van der Waals surface area contributed by atoms with Crippen molar-refractivity contribution >= 4 is 0 Å². The van der Waals surface area contributed by atoms with Gasteiger partial charge in [0.05, 0.1) is 6.61 Å². The van der Waals surface area contributed by atoms with E-state index in [1.165, 1.54) is 11.1 Å². The van der Waals surface area contributed by atoms with Crippen LogP contribution in [0.5, 0.6) is 5.75 Å². The summed E-state index contributed by atoms with van der Waals surface area (Å²) in [5, 5.41) is 0. The van der Waals surface area contributed by atoms with Gasteiger partial charge >= 0.3 is 0 Å². The number of hydrogen-bond donors (Lipinski definition) is 0. The summed E-state index contributed by atoms with van der Waals surface area (Å²) in [5.41, 5.74) is 2.73. The average molecular weight is 191 g/mol. The van der Waals surface area contributed by atoms with Crippen LogP contribution in [0, 0.1) is 6.92 Å². The summed E-state index contributed by atoms with van der Waals surface area (Å²) in [7, 11) is 0. The van der Waals surface area contributed by atoms with Crippen molar-refractivity contribution in [2.45, 2.75) is 33.1 Å². The first-order valence-electron chi connectivity index (χ1n) is 5.36. The highest BCUT2D eigenvalue weighted by molar-refractivity contribution is 5.40. The van der Waals surface area contributed by atoms with E-state index in [1.807, 2.05) is 6.92 Å². The molecule has 0 saturated carbocycles. The van der Waals surface area contributed by atoms with Crippen molar-refractivity contribution in [1.29, 1.82) is 0 Å². The van der Waals surface area contributed by atoms with Crippen molar-refractivity contribution < 1.29 is 4.74 Å². The third-order valence-electron chi connectivity index (χ3n) is 2.33. The van der Waals surface area contributed by atoms with Crippen LogP contribution >= 0.6 is 0 Å². The molecule has 0 N–H and O–H groups in total. The Kier molecular flexibility index (Phi) is 4.51. The highest BCUT2D eigenvalue weighted by atomic mass is 16.5. The monoisotopic (exact) mass is 191 g/mol. The van der Waals surface area contributed by atoms with Gasteiger partial charge in [-0.1, -0.05) is 26.0 Å². The van der Waals surface area contributed by atoms with Gasteiger partial charge in [-0.05, 0) is 43.4 Å².